The molecule has 0 aromatic rings. The van der Waals surface area contributed by atoms with E-state index in [1.165, 1.54) is 0 Å². The Labute approximate surface area is 66.3 Å². The van der Waals surface area contributed by atoms with Crippen LogP contribution < -0.4 is 0 Å². The molecule has 1 saturated heterocycles. The van der Waals surface area contributed by atoms with Crippen molar-refractivity contribution in [2.45, 2.75) is 31.2 Å². The zero-order valence-electron chi connectivity index (χ0n) is 6.44. The Morgan fingerprint density at radius 3 is 2.82 bits per heavy atom. The largest absolute Gasteiger partial charge is 0.394 e. The zero-order chi connectivity index (χ0) is 8.27. The maximum absolute atomic E-state index is 9.27. The highest BCUT2D eigenvalue weighted by Crippen LogP contribution is 2.22. The number of aliphatic hydroxyl groups is 2. The van der Waals surface area contributed by atoms with Crippen LogP contribution in [0, 0.1) is 0 Å². The molecule has 64 valence electrons. The van der Waals surface area contributed by atoms with Gasteiger partial charge in [0.25, 0.3) is 0 Å². The maximum atomic E-state index is 9.27. The first-order chi connectivity index (χ1) is 5.27. The molecule has 0 aromatic carbocycles. The van der Waals surface area contributed by atoms with Crippen LogP contribution in [0.15, 0.2) is 12.7 Å². The Kier molecular flexibility index (Phi) is 3.05. The van der Waals surface area contributed by atoms with Crippen LogP contribution in [0.2, 0.25) is 0 Å². The highest BCUT2D eigenvalue weighted by Gasteiger charge is 2.32. The van der Waals surface area contributed by atoms with E-state index in [-0.39, 0.29) is 18.8 Å². The normalized spacial score (nSPS) is 37.5. The van der Waals surface area contributed by atoms with Gasteiger partial charge in [0.2, 0.25) is 0 Å². The first kappa shape index (κ1) is 8.71. The molecule has 0 aliphatic carbocycles. The molecule has 1 rings (SSSR count). The molecule has 2 N–H and O–H groups in total. The van der Waals surface area contributed by atoms with E-state index in [9.17, 15) is 5.11 Å². The lowest BCUT2D eigenvalue weighted by Gasteiger charge is -2.09. The molecule has 0 amide bonds. The van der Waals surface area contributed by atoms with Gasteiger partial charge in [0.1, 0.15) is 6.10 Å². The molecule has 1 fully saturated rings. The van der Waals surface area contributed by atoms with Crippen LogP contribution in [0.1, 0.15) is 12.8 Å². The average molecular weight is 158 g/mol. The summed E-state index contributed by atoms with van der Waals surface area (Å²) in [5.41, 5.74) is 0. The molecular weight excluding hydrogens is 144 g/mol. The minimum Gasteiger partial charge on any atom is -0.394 e. The molecule has 1 heterocycles. The third-order valence-corrected chi connectivity index (χ3v) is 1.91. The van der Waals surface area contributed by atoms with Gasteiger partial charge in [-0.15, -0.1) is 6.58 Å². The second-order valence-corrected chi connectivity index (χ2v) is 2.81. The van der Waals surface area contributed by atoms with Crippen molar-refractivity contribution in [1.29, 1.82) is 0 Å². The zero-order valence-corrected chi connectivity index (χ0v) is 6.44. The summed E-state index contributed by atoms with van der Waals surface area (Å²) in [5.74, 6) is 0. The molecule has 0 bridgehead atoms. The van der Waals surface area contributed by atoms with Crippen LogP contribution in [0.4, 0.5) is 0 Å². The fourth-order valence-electron chi connectivity index (χ4n) is 1.32. The Balaban J connectivity index is 2.36. The van der Waals surface area contributed by atoms with Crippen molar-refractivity contribution in [2.75, 3.05) is 6.61 Å². The molecule has 3 atom stereocenters. The van der Waals surface area contributed by atoms with Crippen molar-refractivity contribution in [1.82, 2.24) is 0 Å². The lowest BCUT2D eigenvalue weighted by molar-refractivity contribution is -0.0208. The first-order valence-electron chi connectivity index (χ1n) is 3.83. The predicted octanol–water partition coefficient (Wildman–Crippen LogP) is 0.0732. The van der Waals surface area contributed by atoms with Gasteiger partial charge in [0.15, 0.2) is 0 Å². The third-order valence-electron chi connectivity index (χ3n) is 1.91. The third kappa shape index (κ3) is 2.02. The monoisotopic (exact) mass is 158 g/mol. The molecule has 0 unspecified atom stereocenters. The van der Waals surface area contributed by atoms with E-state index in [1.54, 1.807) is 6.08 Å². The van der Waals surface area contributed by atoms with Crippen molar-refractivity contribution in [2.24, 2.45) is 0 Å². The highest BCUT2D eigenvalue weighted by atomic mass is 16.5. The second-order valence-electron chi connectivity index (χ2n) is 2.81. The number of hydrogen-bond acceptors (Lipinski definition) is 3. The summed E-state index contributed by atoms with van der Waals surface area (Å²) in [4.78, 5) is 0. The van der Waals surface area contributed by atoms with E-state index in [4.69, 9.17) is 9.84 Å². The van der Waals surface area contributed by atoms with E-state index in [0.717, 1.165) is 6.42 Å². The SMILES string of the molecule is C=CC[C@H]1C[C@@H](O)[C@@H](CO)O1. The van der Waals surface area contributed by atoms with Gasteiger partial charge in [-0.1, -0.05) is 6.08 Å². The Bertz CT molecular complexity index is 135. The van der Waals surface area contributed by atoms with Crippen LogP contribution in [-0.4, -0.2) is 35.1 Å². The molecule has 1 aliphatic heterocycles. The molecule has 3 nitrogen and oxygen atoms in total. The highest BCUT2D eigenvalue weighted by molar-refractivity contribution is 4.85. The number of rotatable bonds is 3. The van der Waals surface area contributed by atoms with Crippen LogP contribution >= 0.6 is 0 Å². The number of hydrogen-bond donors (Lipinski definition) is 2. The predicted molar refractivity (Wildman–Crippen MR) is 41.2 cm³/mol. The fourth-order valence-corrected chi connectivity index (χ4v) is 1.32. The summed E-state index contributed by atoms with van der Waals surface area (Å²) < 4.78 is 5.29. The summed E-state index contributed by atoms with van der Waals surface area (Å²) in [5, 5.41) is 18.0. The molecule has 0 spiro atoms. The Hall–Kier alpha value is -0.380. The topological polar surface area (TPSA) is 49.7 Å². The van der Waals surface area contributed by atoms with Gasteiger partial charge in [-0.25, -0.2) is 0 Å². The van der Waals surface area contributed by atoms with Gasteiger partial charge in [0.05, 0.1) is 18.8 Å². The van der Waals surface area contributed by atoms with Crippen molar-refractivity contribution in [3.63, 3.8) is 0 Å². The van der Waals surface area contributed by atoms with Gasteiger partial charge < -0.3 is 14.9 Å². The van der Waals surface area contributed by atoms with Crippen molar-refractivity contribution in [3.8, 4) is 0 Å². The Morgan fingerprint density at radius 1 is 1.64 bits per heavy atom. The average Bonchev–Trinajstić information content (AvgIpc) is 2.32. The van der Waals surface area contributed by atoms with Crippen molar-refractivity contribution in [3.05, 3.63) is 12.7 Å². The van der Waals surface area contributed by atoms with Crippen molar-refractivity contribution >= 4 is 0 Å². The number of aliphatic hydroxyl groups excluding tert-OH is 2. The molecule has 0 aromatic heterocycles. The molecule has 0 radical (unpaired) electrons. The summed E-state index contributed by atoms with van der Waals surface area (Å²) in [6, 6.07) is 0. The van der Waals surface area contributed by atoms with Crippen LogP contribution in [-0.2, 0) is 4.74 Å². The second kappa shape index (κ2) is 3.85. The molecule has 0 saturated carbocycles. The van der Waals surface area contributed by atoms with Gasteiger partial charge in [-0.2, -0.15) is 0 Å². The molecule has 1 aliphatic rings. The summed E-state index contributed by atoms with van der Waals surface area (Å²) in [6.07, 6.45) is 2.26. The van der Waals surface area contributed by atoms with E-state index < -0.39 is 6.10 Å². The summed E-state index contributed by atoms with van der Waals surface area (Å²) >= 11 is 0. The lowest BCUT2D eigenvalue weighted by Crippen LogP contribution is -2.24. The van der Waals surface area contributed by atoms with Gasteiger partial charge in [-0.05, 0) is 6.42 Å². The minimum atomic E-state index is -0.509. The molecule has 11 heavy (non-hydrogen) atoms. The quantitative estimate of drug-likeness (QED) is 0.571. The van der Waals surface area contributed by atoms with Crippen molar-refractivity contribution < 1.29 is 14.9 Å². The van der Waals surface area contributed by atoms with Crippen LogP contribution in [0.3, 0.4) is 0 Å². The minimum absolute atomic E-state index is 0.0413. The van der Waals surface area contributed by atoms with E-state index in [2.05, 4.69) is 6.58 Å². The van der Waals surface area contributed by atoms with E-state index in [1.807, 2.05) is 0 Å². The molecule has 3 heteroatoms. The summed E-state index contributed by atoms with van der Waals surface area (Å²) in [6.45, 7) is 3.47. The van der Waals surface area contributed by atoms with Gasteiger partial charge in [-0.3, -0.25) is 0 Å². The van der Waals surface area contributed by atoms with Gasteiger partial charge >= 0.3 is 0 Å². The van der Waals surface area contributed by atoms with E-state index >= 15 is 0 Å². The Morgan fingerprint density at radius 2 is 2.36 bits per heavy atom. The molecular formula is C8H14O3. The maximum Gasteiger partial charge on any atom is 0.107 e. The standard InChI is InChI=1S/C8H14O3/c1-2-3-6-4-7(10)8(5-9)11-6/h2,6-10H,1,3-5H2/t6-,7+,8+/m0/s1. The fraction of sp³-hybridized carbons (Fsp3) is 0.750. The summed E-state index contributed by atoms with van der Waals surface area (Å²) in [7, 11) is 0. The van der Waals surface area contributed by atoms with E-state index in [0.29, 0.717) is 6.42 Å². The lowest BCUT2D eigenvalue weighted by atomic mass is 10.1. The first-order valence-corrected chi connectivity index (χ1v) is 3.83. The van der Waals surface area contributed by atoms with Crippen LogP contribution in [0.25, 0.3) is 0 Å². The van der Waals surface area contributed by atoms with Gasteiger partial charge in [0, 0.05) is 6.42 Å². The number of ether oxygens (including phenoxy) is 1. The van der Waals surface area contributed by atoms with Crippen LogP contribution in [0.5, 0.6) is 0 Å². The smallest absolute Gasteiger partial charge is 0.107 e.